The molecule has 0 spiro atoms. The summed E-state index contributed by atoms with van der Waals surface area (Å²) in [7, 11) is 5.00. The lowest BCUT2D eigenvalue weighted by Gasteiger charge is -2.17. The summed E-state index contributed by atoms with van der Waals surface area (Å²) < 4.78 is 43.7. The molecule has 0 saturated carbocycles. The average molecular weight is 507 g/mol. The number of hydrogen-bond donors (Lipinski definition) is 2. The zero-order valence-electron chi connectivity index (χ0n) is 19.1. The highest BCUT2D eigenvalue weighted by atomic mass is 32.1. The number of alkyl halides is 3. The standard InChI is InChI=1S/C22H21F3N6O3S/c1-11(19(33)30(2)3)26-18(32)12-5-8-16-15(9-12)27-20(31(16)4)29-21-28-14-7-6-13(10-17(14)35-21)34-22(23,24)25/h5-11H,1-4H3,(H,26,32)(H,27,28,29)/t11-/m0/s1. The molecule has 0 radical (unpaired) electrons. The molecule has 4 aromatic rings. The molecule has 0 unspecified atom stereocenters. The molecule has 2 N–H and O–H groups in total. The van der Waals surface area contributed by atoms with Crippen LogP contribution in [0.1, 0.15) is 17.3 Å². The van der Waals surface area contributed by atoms with Crippen molar-refractivity contribution >= 4 is 55.5 Å². The quantitative estimate of drug-likeness (QED) is 0.410. The first-order chi connectivity index (χ1) is 16.4. The highest BCUT2D eigenvalue weighted by Gasteiger charge is 2.31. The number of amides is 2. The number of anilines is 2. The predicted octanol–water partition coefficient (Wildman–Crippen LogP) is 4.03. The molecule has 0 bridgehead atoms. The van der Waals surface area contributed by atoms with Crippen molar-refractivity contribution in [2.24, 2.45) is 7.05 Å². The second-order valence-corrected chi connectivity index (χ2v) is 8.98. The minimum atomic E-state index is -4.78. The predicted molar refractivity (Wildman–Crippen MR) is 126 cm³/mol. The van der Waals surface area contributed by atoms with Crippen molar-refractivity contribution in [3.63, 3.8) is 0 Å². The van der Waals surface area contributed by atoms with Gasteiger partial charge in [0.2, 0.25) is 11.9 Å². The first-order valence-electron chi connectivity index (χ1n) is 10.3. The summed E-state index contributed by atoms with van der Waals surface area (Å²) in [5, 5.41) is 6.17. The summed E-state index contributed by atoms with van der Waals surface area (Å²) in [6.07, 6.45) is -4.78. The largest absolute Gasteiger partial charge is 0.573 e. The number of hydrogen-bond acceptors (Lipinski definition) is 7. The molecular weight excluding hydrogens is 485 g/mol. The average Bonchev–Trinajstić information content (AvgIpc) is 3.31. The molecule has 1 atom stereocenters. The van der Waals surface area contributed by atoms with Crippen LogP contribution in [0.4, 0.5) is 24.3 Å². The molecule has 184 valence electrons. The lowest BCUT2D eigenvalue weighted by atomic mass is 10.1. The van der Waals surface area contributed by atoms with E-state index in [9.17, 15) is 22.8 Å². The summed E-state index contributed by atoms with van der Waals surface area (Å²) in [5.74, 6) is -0.524. The van der Waals surface area contributed by atoms with Crippen LogP contribution in [0.3, 0.4) is 0 Å². The number of thiazole rings is 1. The fraction of sp³-hybridized carbons (Fsp3) is 0.273. The molecule has 2 heterocycles. The third-order valence-electron chi connectivity index (χ3n) is 5.11. The molecule has 2 aromatic carbocycles. The van der Waals surface area contributed by atoms with Crippen LogP contribution < -0.4 is 15.4 Å². The van der Waals surface area contributed by atoms with E-state index in [1.165, 1.54) is 23.1 Å². The maximum Gasteiger partial charge on any atom is 0.573 e. The van der Waals surface area contributed by atoms with Crippen LogP contribution in [0.2, 0.25) is 0 Å². The molecule has 0 fully saturated rings. The van der Waals surface area contributed by atoms with Crippen molar-refractivity contribution in [2.45, 2.75) is 19.3 Å². The number of benzene rings is 2. The molecule has 2 aromatic heterocycles. The van der Waals surface area contributed by atoms with E-state index in [2.05, 4.69) is 25.3 Å². The summed E-state index contributed by atoms with van der Waals surface area (Å²) in [6, 6.07) is 8.22. The summed E-state index contributed by atoms with van der Waals surface area (Å²) in [4.78, 5) is 34.9. The van der Waals surface area contributed by atoms with E-state index in [1.807, 2.05) is 0 Å². The van der Waals surface area contributed by atoms with E-state index in [0.29, 0.717) is 32.4 Å². The van der Waals surface area contributed by atoms with Gasteiger partial charge < -0.3 is 24.8 Å². The fourth-order valence-electron chi connectivity index (χ4n) is 3.43. The number of likely N-dealkylation sites (N-methyl/N-ethyl adjacent to an activating group) is 1. The Morgan fingerprint density at radius 2 is 1.86 bits per heavy atom. The molecule has 0 aliphatic heterocycles. The number of aryl methyl sites for hydroxylation is 1. The summed E-state index contributed by atoms with van der Waals surface area (Å²) in [6.45, 7) is 1.61. The Balaban J connectivity index is 1.55. The highest BCUT2D eigenvalue weighted by Crippen LogP contribution is 2.33. The van der Waals surface area contributed by atoms with Gasteiger partial charge in [-0.2, -0.15) is 0 Å². The minimum absolute atomic E-state index is 0.225. The second-order valence-electron chi connectivity index (χ2n) is 7.95. The number of carbonyl (C=O) groups excluding carboxylic acids is 2. The lowest BCUT2D eigenvalue weighted by Crippen LogP contribution is -2.44. The minimum Gasteiger partial charge on any atom is -0.406 e. The summed E-state index contributed by atoms with van der Waals surface area (Å²) in [5.41, 5.74) is 2.13. The van der Waals surface area contributed by atoms with Gasteiger partial charge in [0.1, 0.15) is 11.8 Å². The number of imidazole rings is 1. The molecule has 0 aliphatic carbocycles. The molecule has 9 nitrogen and oxygen atoms in total. The smallest absolute Gasteiger partial charge is 0.406 e. The van der Waals surface area contributed by atoms with Gasteiger partial charge in [-0.25, -0.2) is 9.97 Å². The highest BCUT2D eigenvalue weighted by molar-refractivity contribution is 7.22. The topological polar surface area (TPSA) is 101 Å². The molecular formula is C22H21F3N6O3S. The van der Waals surface area contributed by atoms with Gasteiger partial charge in [-0.05, 0) is 37.3 Å². The van der Waals surface area contributed by atoms with E-state index in [0.717, 1.165) is 16.9 Å². The Hall–Kier alpha value is -3.87. The maximum absolute atomic E-state index is 12.6. The normalized spacial score (nSPS) is 12.5. The van der Waals surface area contributed by atoms with Crippen LogP contribution in [-0.2, 0) is 11.8 Å². The Kier molecular flexibility index (Phi) is 6.28. The van der Waals surface area contributed by atoms with Crippen molar-refractivity contribution < 1.29 is 27.5 Å². The van der Waals surface area contributed by atoms with Gasteiger partial charge in [-0.1, -0.05) is 11.3 Å². The Bertz CT molecular complexity index is 1430. The number of fused-ring (bicyclic) bond motifs is 2. The van der Waals surface area contributed by atoms with E-state index in [4.69, 9.17) is 0 Å². The van der Waals surface area contributed by atoms with E-state index in [1.54, 1.807) is 50.8 Å². The van der Waals surface area contributed by atoms with Crippen LogP contribution >= 0.6 is 11.3 Å². The molecule has 0 saturated heterocycles. The zero-order valence-corrected chi connectivity index (χ0v) is 19.9. The van der Waals surface area contributed by atoms with Crippen molar-refractivity contribution in [2.75, 3.05) is 19.4 Å². The van der Waals surface area contributed by atoms with Gasteiger partial charge >= 0.3 is 6.36 Å². The Labute approximate surface area is 201 Å². The van der Waals surface area contributed by atoms with Crippen molar-refractivity contribution in [1.82, 2.24) is 24.8 Å². The molecule has 2 amide bonds. The van der Waals surface area contributed by atoms with Gasteiger partial charge in [-0.3, -0.25) is 9.59 Å². The van der Waals surface area contributed by atoms with Crippen LogP contribution in [0.15, 0.2) is 36.4 Å². The van der Waals surface area contributed by atoms with Crippen molar-refractivity contribution in [3.8, 4) is 5.75 Å². The van der Waals surface area contributed by atoms with Gasteiger partial charge in [0.25, 0.3) is 5.91 Å². The van der Waals surface area contributed by atoms with Gasteiger partial charge in [0.05, 0.1) is 21.3 Å². The van der Waals surface area contributed by atoms with Crippen LogP contribution in [0.25, 0.3) is 21.3 Å². The third kappa shape index (κ3) is 5.29. The Morgan fingerprint density at radius 3 is 2.54 bits per heavy atom. The fourth-order valence-corrected chi connectivity index (χ4v) is 4.32. The van der Waals surface area contributed by atoms with Gasteiger partial charge in [0.15, 0.2) is 5.13 Å². The first-order valence-corrected chi connectivity index (χ1v) is 11.1. The Morgan fingerprint density at radius 1 is 1.11 bits per heavy atom. The summed E-state index contributed by atoms with van der Waals surface area (Å²) >= 11 is 1.15. The van der Waals surface area contributed by atoms with Gasteiger partial charge in [-0.15, -0.1) is 13.2 Å². The second kappa shape index (κ2) is 9.06. The third-order valence-corrected chi connectivity index (χ3v) is 6.05. The maximum atomic E-state index is 12.6. The lowest BCUT2D eigenvalue weighted by molar-refractivity contribution is -0.274. The number of halogens is 3. The number of nitrogens with one attached hydrogen (secondary N) is 2. The first kappa shape index (κ1) is 24.3. The number of aromatic nitrogens is 3. The molecule has 35 heavy (non-hydrogen) atoms. The number of nitrogens with zero attached hydrogens (tertiary/aromatic N) is 4. The molecule has 13 heteroatoms. The monoisotopic (exact) mass is 506 g/mol. The molecule has 0 aliphatic rings. The van der Waals surface area contributed by atoms with Crippen LogP contribution in [0, 0.1) is 0 Å². The van der Waals surface area contributed by atoms with Crippen molar-refractivity contribution in [3.05, 3.63) is 42.0 Å². The number of ether oxygens (including phenoxy) is 1. The van der Waals surface area contributed by atoms with E-state index < -0.39 is 18.3 Å². The van der Waals surface area contributed by atoms with Crippen molar-refractivity contribution in [1.29, 1.82) is 0 Å². The SMILES string of the molecule is C[C@H](NC(=O)c1ccc2c(c1)nc(Nc1nc3ccc(OC(F)(F)F)cc3s1)n2C)C(=O)N(C)C. The van der Waals surface area contributed by atoms with E-state index in [-0.39, 0.29) is 11.7 Å². The molecule has 4 rings (SSSR count). The van der Waals surface area contributed by atoms with Crippen LogP contribution in [0.5, 0.6) is 5.75 Å². The van der Waals surface area contributed by atoms with Crippen LogP contribution in [-0.4, -0.2) is 57.7 Å². The number of carbonyl (C=O) groups is 2. The van der Waals surface area contributed by atoms with Gasteiger partial charge in [0, 0.05) is 32.8 Å². The van der Waals surface area contributed by atoms with E-state index >= 15 is 0 Å². The number of rotatable bonds is 6. The zero-order chi connectivity index (χ0) is 25.5.